The van der Waals surface area contributed by atoms with Crippen LogP contribution in [0.2, 0.25) is 0 Å². The number of aliphatic carboxylic acids is 1. The molecular weight excluding hydrogens is 206 g/mol. The van der Waals surface area contributed by atoms with E-state index in [-0.39, 0.29) is 6.54 Å². The van der Waals surface area contributed by atoms with Crippen LogP contribution in [0.5, 0.6) is 0 Å². The molecule has 3 N–H and O–H groups in total. The van der Waals surface area contributed by atoms with Crippen molar-refractivity contribution in [1.82, 2.24) is 5.32 Å². The summed E-state index contributed by atoms with van der Waals surface area (Å²) in [5.41, 5.74) is -1.65. The van der Waals surface area contributed by atoms with Crippen LogP contribution in [-0.2, 0) is 4.79 Å². The molecule has 16 heavy (non-hydrogen) atoms. The van der Waals surface area contributed by atoms with Crippen LogP contribution in [0.25, 0.3) is 0 Å². The zero-order valence-electron chi connectivity index (χ0n) is 10.2. The van der Waals surface area contributed by atoms with Crippen LogP contribution in [0, 0.1) is 5.92 Å². The van der Waals surface area contributed by atoms with E-state index in [0.29, 0.717) is 6.04 Å². The summed E-state index contributed by atoms with van der Waals surface area (Å²) < 4.78 is 0. The molecule has 0 aromatic rings. The minimum Gasteiger partial charge on any atom is -0.479 e. The Hall–Kier alpha value is -0.610. The molecule has 1 saturated carbocycles. The van der Waals surface area contributed by atoms with E-state index in [4.69, 9.17) is 5.11 Å². The molecule has 0 aromatic heterocycles. The van der Waals surface area contributed by atoms with E-state index in [1.165, 1.54) is 26.2 Å². The molecule has 0 aromatic carbocycles. The third-order valence-electron chi connectivity index (χ3n) is 3.56. The molecular formula is C12H23NO3. The lowest BCUT2D eigenvalue weighted by molar-refractivity contribution is -0.156. The van der Waals surface area contributed by atoms with E-state index in [9.17, 15) is 9.90 Å². The average Bonchev–Trinajstić information content (AvgIpc) is 2.26. The van der Waals surface area contributed by atoms with E-state index in [0.717, 1.165) is 18.8 Å². The van der Waals surface area contributed by atoms with Gasteiger partial charge in [-0.2, -0.15) is 0 Å². The van der Waals surface area contributed by atoms with Crippen molar-refractivity contribution in [2.75, 3.05) is 6.54 Å². The third-order valence-corrected chi connectivity index (χ3v) is 3.56. The average molecular weight is 229 g/mol. The van der Waals surface area contributed by atoms with Gasteiger partial charge in [-0.15, -0.1) is 0 Å². The molecule has 1 aliphatic carbocycles. The topological polar surface area (TPSA) is 69.6 Å². The summed E-state index contributed by atoms with van der Waals surface area (Å²) in [6.07, 6.45) is 5.86. The standard InChI is InChI=1S/C12H23NO3/c1-3-9-5-4-6-10(7-9)13-8-12(2,16)11(14)15/h9-10,13,16H,3-8H2,1-2H3,(H,14,15). The molecule has 94 valence electrons. The first-order valence-electron chi connectivity index (χ1n) is 6.15. The number of carboxylic acids is 1. The molecule has 4 heteroatoms. The van der Waals surface area contributed by atoms with Crippen molar-refractivity contribution in [2.45, 2.75) is 57.6 Å². The van der Waals surface area contributed by atoms with Crippen LogP contribution < -0.4 is 5.32 Å². The molecule has 1 rings (SSSR count). The van der Waals surface area contributed by atoms with Gasteiger partial charge in [0.25, 0.3) is 0 Å². The van der Waals surface area contributed by atoms with Gasteiger partial charge >= 0.3 is 5.97 Å². The minimum atomic E-state index is -1.65. The van der Waals surface area contributed by atoms with Crippen molar-refractivity contribution in [3.05, 3.63) is 0 Å². The maximum Gasteiger partial charge on any atom is 0.336 e. The Morgan fingerprint density at radius 2 is 2.19 bits per heavy atom. The van der Waals surface area contributed by atoms with Gasteiger partial charge in [-0.1, -0.05) is 26.2 Å². The highest BCUT2D eigenvalue weighted by Gasteiger charge is 2.31. The smallest absolute Gasteiger partial charge is 0.336 e. The van der Waals surface area contributed by atoms with Crippen LogP contribution in [-0.4, -0.2) is 34.4 Å². The molecule has 3 unspecified atom stereocenters. The maximum atomic E-state index is 10.7. The monoisotopic (exact) mass is 229 g/mol. The maximum absolute atomic E-state index is 10.7. The quantitative estimate of drug-likeness (QED) is 0.666. The highest BCUT2D eigenvalue weighted by Crippen LogP contribution is 2.26. The van der Waals surface area contributed by atoms with Gasteiger partial charge in [0.05, 0.1) is 0 Å². The SMILES string of the molecule is CCC1CCCC(NCC(C)(O)C(=O)O)C1. The summed E-state index contributed by atoms with van der Waals surface area (Å²) >= 11 is 0. The van der Waals surface area contributed by atoms with Crippen molar-refractivity contribution < 1.29 is 15.0 Å². The second-order valence-corrected chi connectivity index (χ2v) is 5.10. The fourth-order valence-corrected chi connectivity index (χ4v) is 2.27. The fraction of sp³-hybridized carbons (Fsp3) is 0.917. The van der Waals surface area contributed by atoms with Gasteiger partial charge in [-0.25, -0.2) is 4.79 Å². The Morgan fingerprint density at radius 1 is 1.50 bits per heavy atom. The second kappa shape index (κ2) is 5.64. The number of rotatable bonds is 5. The lowest BCUT2D eigenvalue weighted by Gasteiger charge is -2.31. The summed E-state index contributed by atoms with van der Waals surface area (Å²) in [5.74, 6) is -0.413. The van der Waals surface area contributed by atoms with Crippen molar-refractivity contribution in [1.29, 1.82) is 0 Å². The van der Waals surface area contributed by atoms with E-state index in [1.807, 2.05) is 0 Å². The van der Waals surface area contributed by atoms with Crippen LogP contribution in [0.4, 0.5) is 0 Å². The highest BCUT2D eigenvalue weighted by molar-refractivity contribution is 5.76. The third kappa shape index (κ3) is 3.76. The second-order valence-electron chi connectivity index (χ2n) is 5.10. The molecule has 0 heterocycles. The summed E-state index contributed by atoms with van der Waals surface area (Å²) in [6.45, 7) is 3.66. The van der Waals surface area contributed by atoms with Crippen LogP contribution in [0.1, 0.15) is 46.0 Å². The van der Waals surface area contributed by atoms with E-state index in [1.54, 1.807) is 0 Å². The molecule has 0 radical (unpaired) electrons. The summed E-state index contributed by atoms with van der Waals surface area (Å²) in [7, 11) is 0. The lowest BCUT2D eigenvalue weighted by atomic mass is 9.84. The highest BCUT2D eigenvalue weighted by atomic mass is 16.4. The predicted octanol–water partition coefficient (Wildman–Crippen LogP) is 1.38. The lowest BCUT2D eigenvalue weighted by Crippen LogP contribution is -2.48. The molecule has 1 fully saturated rings. The largest absolute Gasteiger partial charge is 0.479 e. The zero-order chi connectivity index (χ0) is 12.2. The minimum absolute atomic E-state index is 0.128. The Labute approximate surface area is 97.0 Å². The van der Waals surface area contributed by atoms with Gasteiger partial charge < -0.3 is 15.5 Å². The number of aliphatic hydroxyl groups is 1. The Kier molecular flexibility index (Phi) is 4.74. The van der Waals surface area contributed by atoms with Crippen LogP contribution >= 0.6 is 0 Å². The van der Waals surface area contributed by atoms with Gasteiger partial charge in [0.2, 0.25) is 0 Å². The molecule has 3 atom stereocenters. The zero-order valence-corrected chi connectivity index (χ0v) is 10.2. The van der Waals surface area contributed by atoms with Crippen LogP contribution in [0.15, 0.2) is 0 Å². The predicted molar refractivity (Wildman–Crippen MR) is 62.3 cm³/mol. The number of carbonyl (C=O) groups is 1. The number of carboxylic acid groups (broad SMARTS) is 1. The normalized spacial score (nSPS) is 29.7. The van der Waals surface area contributed by atoms with Crippen LogP contribution in [0.3, 0.4) is 0 Å². The van der Waals surface area contributed by atoms with Gasteiger partial charge in [0.1, 0.15) is 0 Å². The van der Waals surface area contributed by atoms with E-state index < -0.39 is 11.6 Å². The molecule has 0 amide bonds. The first-order chi connectivity index (χ1) is 7.45. The molecule has 0 bridgehead atoms. The van der Waals surface area contributed by atoms with Crippen molar-refractivity contribution >= 4 is 5.97 Å². The number of hydrogen-bond donors (Lipinski definition) is 3. The summed E-state index contributed by atoms with van der Waals surface area (Å²) in [6, 6.07) is 0.365. The van der Waals surface area contributed by atoms with Crippen molar-refractivity contribution in [3.8, 4) is 0 Å². The fourth-order valence-electron chi connectivity index (χ4n) is 2.27. The van der Waals surface area contributed by atoms with Crippen molar-refractivity contribution in [3.63, 3.8) is 0 Å². The van der Waals surface area contributed by atoms with E-state index >= 15 is 0 Å². The Morgan fingerprint density at radius 3 is 2.75 bits per heavy atom. The Bertz CT molecular complexity index is 240. The first kappa shape index (κ1) is 13.5. The molecule has 0 spiro atoms. The summed E-state index contributed by atoms with van der Waals surface area (Å²) in [5, 5.41) is 21.5. The number of nitrogens with one attached hydrogen (secondary N) is 1. The van der Waals surface area contributed by atoms with E-state index in [2.05, 4.69) is 12.2 Å². The molecule has 1 aliphatic rings. The summed E-state index contributed by atoms with van der Waals surface area (Å²) in [4.78, 5) is 10.7. The van der Waals surface area contributed by atoms with Gasteiger partial charge in [0, 0.05) is 12.6 Å². The molecule has 0 aliphatic heterocycles. The number of hydrogen-bond acceptors (Lipinski definition) is 3. The van der Waals surface area contributed by atoms with Gasteiger partial charge in [-0.3, -0.25) is 0 Å². The molecule has 0 saturated heterocycles. The Balaban J connectivity index is 2.35. The first-order valence-corrected chi connectivity index (χ1v) is 6.15. The van der Waals surface area contributed by atoms with Gasteiger partial charge in [-0.05, 0) is 25.7 Å². The van der Waals surface area contributed by atoms with Crippen molar-refractivity contribution in [2.24, 2.45) is 5.92 Å². The molecule has 4 nitrogen and oxygen atoms in total. The van der Waals surface area contributed by atoms with Gasteiger partial charge in [0.15, 0.2) is 5.60 Å².